The quantitative estimate of drug-likeness (QED) is 0.797. The van der Waals surface area contributed by atoms with E-state index in [0.29, 0.717) is 5.75 Å². The third kappa shape index (κ3) is 2.76. The number of hydrogen-bond donors (Lipinski definition) is 0. The summed E-state index contributed by atoms with van der Waals surface area (Å²) in [5.74, 6) is 1.53. The highest BCUT2D eigenvalue weighted by Crippen LogP contribution is 2.30. The van der Waals surface area contributed by atoms with E-state index in [-0.39, 0.29) is 11.4 Å². The predicted molar refractivity (Wildman–Crippen MR) is 83.8 cm³/mol. The number of alkyl halides is 1. The summed E-state index contributed by atoms with van der Waals surface area (Å²) < 4.78 is 15.3. The number of halogens is 1. The van der Waals surface area contributed by atoms with Gasteiger partial charge in [-0.15, -0.1) is 11.6 Å². The first kappa shape index (κ1) is 15.5. The lowest BCUT2D eigenvalue weighted by Gasteiger charge is -2.18. The van der Waals surface area contributed by atoms with Gasteiger partial charge in [-0.05, 0) is 27.2 Å². The minimum Gasteiger partial charge on any atom is -0.309 e. The number of fused-ring (bicyclic) bond motifs is 1. The Kier molecular flexibility index (Phi) is 4.54. The lowest BCUT2D eigenvalue weighted by Crippen LogP contribution is -2.14. The fourth-order valence-corrected chi connectivity index (χ4v) is 3.32. The molecule has 0 saturated carbocycles. The van der Waals surface area contributed by atoms with Crippen LogP contribution >= 0.6 is 11.6 Å². The van der Waals surface area contributed by atoms with Crippen molar-refractivity contribution in [1.29, 1.82) is 0 Å². The molecule has 3 atom stereocenters. The Hall–Kier alpha value is -0.880. The zero-order valence-corrected chi connectivity index (χ0v) is 14.1. The second-order valence-electron chi connectivity index (χ2n) is 5.25. The fourth-order valence-electron chi connectivity index (χ4n) is 2.49. The van der Waals surface area contributed by atoms with Crippen LogP contribution in [0.4, 0.5) is 0 Å². The molecule has 0 saturated heterocycles. The van der Waals surface area contributed by atoms with E-state index in [2.05, 4.69) is 21.6 Å². The van der Waals surface area contributed by atoms with Crippen molar-refractivity contribution in [2.45, 2.75) is 38.6 Å². The molecule has 5 nitrogen and oxygen atoms in total. The van der Waals surface area contributed by atoms with Gasteiger partial charge in [-0.25, -0.2) is 4.98 Å². The third-order valence-corrected chi connectivity index (χ3v) is 4.49. The standard InChI is InChI=1S/C13H21ClN4OS/c1-8(6-7-20(5)19)18-12(9(2)14)15-11-10(3)16-17(4)13(11)18/h8-9H,6-7H2,1-5H3. The normalized spacial score (nSPS) is 16.5. The molecule has 2 aromatic heterocycles. The molecule has 0 aliphatic rings. The average molecular weight is 317 g/mol. The third-order valence-electron chi connectivity index (χ3n) is 3.48. The summed E-state index contributed by atoms with van der Waals surface area (Å²) in [6.07, 6.45) is 2.56. The molecule has 0 spiro atoms. The van der Waals surface area contributed by atoms with Gasteiger partial charge in [-0.1, -0.05) is 0 Å². The van der Waals surface area contributed by atoms with Gasteiger partial charge in [0, 0.05) is 35.9 Å². The Morgan fingerprint density at radius 2 is 2.05 bits per heavy atom. The van der Waals surface area contributed by atoms with E-state index >= 15 is 0 Å². The molecule has 20 heavy (non-hydrogen) atoms. The predicted octanol–water partition coefficient (Wildman–Crippen LogP) is 2.71. The molecular formula is C13H21ClN4OS. The maximum atomic E-state index is 11.3. The second-order valence-corrected chi connectivity index (χ2v) is 7.46. The van der Waals surface area contributed by atoms with Crippen molar-refractivity contribution in [2.24, 2.45) is 7.05 Å². The van der Waals surface area contributed by atoms with Crippen molar-refractivity contribution in [3.05, 3.63) is 11.5 Å². The van der Waals surface area contributed by atoms with Gasteiger partial charge in [0.05, 0.1) is 11.1 Å². The van der Waals surface area contributed by atoms with Crippen molar-refractivity contribution in [3.8, 4) is 0 Å². The highest BCUT2D eigenvalue weighted by molar-refractivity contribution is 7.84. The molecule has 0 aliphatic carbocycles. The van der Waals surface area contributed by atoms with Gasteiger partial charge in [0.25, 0.3) is 0 Å². The van der Waals surface area contributed by atoms with Crippen molar-refractivity contribution >= 4 is 33.6 Å². The largest absolute Gasteiger partial charge is 0.309 e. The van der Waals surface area contributed by atoms with Gasteiger partial charge in [-0.2, -0.15) is 5.10 Å². The van der Waals surface area contributed by atoms with E-state index in [9.17, 15) is 4.21 Å². The molecule has 2 aromatic rings. The van der Waals surface area contributed by atoms with Gasteiger partial charge in [-0.3, -0.25) is 8.89 Å². The lowest BCUT2D eigenvalue weighted by atomic mass is 10.2. The van der Waals surface area contributed by atoms with Crippen LogP contribution in [0, 0.1) is 6.92 Å². The number of aryl methyl sites for hydroxylation is 2. The highest BCUT2D eigenvalue weighted by atomic mass is 35.5. The minimum absolute atomic E-state index is 0.170. The lowest BCUT2D eigenvalue weighted by molar-refractivity contribution is 0.511. The van der Waals surface area contributed by atoms with Crippen LogP contribution in [0.3, 0.4) is 0 Å². The Labute approximate surface area is 126 Å². The zero-order chi connectivity index (χ0) is 15.0. The summed E-state index contributed by atoms with van der Waals surface area (Å²) in [6, 6.07) is 0.190. The molecular weight excluding hydrogens is 296 g/mol. The van der Waals surface area contributed by atoms with E-state index in [0.717, 1.165) is 29.1 Å². The maximum Gasteiger partial charge on any atom is 0.158 e. The molecule has 2 rings (SSSR count). The van der Waals surface area contributed by atoms with Crippen LogP contribution in [-0.2, 0) is 17.8 Å². The number of rotatable bonds is 5. The van der Waals surface area contributed by atoms with Crippen LogP contribution in [0.1, 0.15) is 43.2 Å². The monoisotopic (exact) mass is 316 g/mol. The first-order valence-corrected chi connectivity index (χ1v) is 8.84. The van der Waals surface area contributed by atoms with Gasteiger partial charge in [0.2, 0.25) is 0 Å². The van der Waals surface area contributed by atoms with Crippen LogP contribution in [0.15, 0.2) is 0 Å². The van der Waals surface area contributed by atoms with Crippen molar-refractivity contribution in [2.75, 3.05) is 12.0 Å². The zero-order valence-electron chi connectivity index (χ0n) is 12.6. The van der Waals surface area contributed by atoms with Crippen LogP contribution in [0.25, 0.3) is 11.2 Å². The topological polar surface area (TPSA) is 52.7 Å². The fraction of sp³-hybridized carbons (Fsp3) is 0.692. The molecule has 0 amide bonds. The Bertz CT molecular complexity index is 646. The molecule has 0 N–H and O–H groups in total. The molecule has 3 unspecified atom stereocenters. The van der Waals surface area contributed by atoms with Crippen molar-refractivity contribution < 1.29 is 4.21 Å². The summed E-state index contributed by atoms with van der Waals surface area (Å²) in [5.41, 5.74) is 2.80. The average Bonchev–Trinajstić information content (AvgIpc) is 2.86. The van der Waals surface area contributed by atoms with Crippen LogP contribution < -0.4 is 0 Å². The Morgan fingerprint density at radius 3 is 2.60 bits per heavy atom. The molecule has 0 bridgehead atoms. The van der Waals surface area contributed by atoms with Crippen molar-refractivity contribution in [3.63, 3.8) is 0 Å². The number of imidazole rings is 1. The number of nitrogens with zero attached hydrogens (tertiary/aromatic N) is 4. The highest BCUT2D eigenvalue weighted by Gasteiger charge is 2.23. The van der Waals surface area contributed by atoms with Crippen LogP contribution in [-0.4, -0.2) is 35.5 Å². The van der Waals surface area contributed by atoms with Crippen LogP contribution in [0.2, 0.25) is 0 Å². The summed E-state index contributed by atoms with van der Waals surface area (Å²) in [4.78, 5) is 4.65. The Balaban J connectivity index is 2.53. The Morgan fingerprint density at radius 1 is 1.40 bits per heavy atom. The molecule has 0 fully saturated rings. The summed E-state index contributed by atoms with van der Waals surface area (Å²) in [7, 11) is 1.13. The molecule has 7 heteroatoms. The first-order chi connectivity index (χ1) is 9.32. The molecule has 0 radical (unpaired) electrons. The minimum atomic E-state index is -0.788. The van der Waals surface area contributed by atoms with E-state index < -0.39 is 10.8 Å². The van der Waals surface area contributed by atoms with Gasteiger partial charge in [0.15, 0.2) is 5.65 Å². The smallest absolute Gasteiger partial charge is 0.158 e. The molecule has 0 aromatic carbocycles. The number of aromatic nitrogens is 4. The van der Waals surface area contributed by atoms with E-state index in [1.54, 1.807) is 6.26 Å². The summed E-state index contributed by atoms with van der Waals surface area (Å²) >= 11 is 6.28. The summed E-state index contributed by atoms with van der Waals surface area (Å²) in [5, 5.41) is 4.25. The van der Waals surface area contributed by atoms with Gasteiger partial charge in [0.1, 0.15) is 11.3 Å². The molecule has 0 aliphatic heterocycles. The molecule has 112 valence electrons. The van der Waals surface area contributed by atoms with Gasteiger partial charge >= 0.3 is 0 Å². The maximum absolute atomic E-state index is 11.3. The van der Waals surface area contributed by atoms with E-state index in [1.165, 1.54) is 0 Å². The van der Waals surface area contributed by atoms with Crippen molar-refractivity contribution in [1.82, 2.24) is 19.3 Å². The first-order valence-electron chi connectivity index (χ1n) is 6.68. The molecule has 2 heterocycles. The van der Waals surface area contributed by atoms with Gasteiger partial charge < -0.3 is 4.57 Å². The van der Waals surface area contributed by atoms with E-state index in [4.69, 9.17) is 11.6 Å². The second kappa shape index (κ2) is 5.85. The van der Waals surface area contributed by atoms with E-state index in [1.807, 2.05) is 25.6 Å². The SMILES string of the molecule is Cc1nn(C)c2c1nc(C(C)Cl)n2C(C)CCS(C)=O. The number of hydrogen-bond acceptors (Lipinski definition) is 3. The summed E-state index contributed by atoms with van der Waals surface area (Å²) in [6.45, 7) is 5.99. The van der Waals surface area contributed by atoms with Crippen LogP contribution in [0.5, 0.6) is 0 Å².